The van der Waals surface area contributed by atoms with Gasteiger partial charge in [-0.15, -0.1) is 0 Å². The standard InChI is InChI=1S/C46H90O8/c1-7-11-15-19-21-24-28-32-41(31-27-23-17-13-9-3)45(48)53-35-40(5)34-51-38-44(52-37-43(47)36-50-6)39-54-46(49)42(30-26-18-14-10-4)33-29-25-22-20-16-12-8-2/h40-44,47H,7-39H2,1-6H3. The van der Waals surface area contributed by atoms with Crippen LogP contribution in [0.2, 0.25) is 0 Å². The van der Waals surface area contributed by atoms with E-state index >= 15 is 0 Å². The summed E-state index contributed by atoms with van der Waals surface area (Å²) in [6, 6.07) is 0. The lowest BCUT2D eigenvalue weighted by Crippen LogP contribution is -2.33. The van der Waals surface area contributed by atoms with Crippen molar-refractivity contribution in [2.75, 3.05) is 46.8 Å². The van der Waals surface area contributed by atoms with E-state index < -0.39 is 12.2 Å². The minimum absolute atomic E-state index is 0.00877. The molecule has 322 valence electrons. The summed E-state index contributed by atoms with van der Waals surface area (Å²) in [5.74, 6) is -0.333. The monoisotopic (exact) mass is 771 g/mol. The summed E-state index contributed by atoms with van der Waals surface area (Å²) < 4.78 is 28.8. The van der Waals surface area contributed by atoms with Gasteiger partial charge in [0.15, 0.2) is 0 Å². The summed E-state index contributed by atoms with van der Waals surface area (Å²) >= 11 is 0. The molecule has 0 spiro atoms. The smallest absolute Gasteiger partial charge is 0.309 e. The normalized spacial score (nSPS) is 14.4. The average Bonchev–Trinajstić information content (AvgIpc) is 3.16. The van der Waals surface area contributed by atoms with Crippen molar-refractivity contribution in [2.45, 2.75) is 220 Å². The molecule has 0 aliphatic heterocycles. The summed E-state index contributed by atoms with van der Waals surface area (Å²) in [6.07, 6.45) is 30.0. The van der Waals surface area contributed by atoms with E-state index in [1.165, 1.54) is 116 Å². The minimum Gasteiger partial charge on any atom is -0.465 e. The Kier molecular flexibility index (Phi) is 39.1. The molecule has 0 aromatic rings. The summed E-state index contributed by atoms with van der Waals surface area (Å²) in [4.78, 5) is 26.6. The average molecular weight is 771 g/mol. The minimum atomic E-state index is -0.782. The van der Waals surface area contributed by atoms with E-state index in [0.717, 1.165) is 64.2 Å². The molecular weight excluding hydrogens is 680 g/mol. The number of aliphatic hydroxyl groups excluding tert-OH is 1. The SMILES string of the molecule is CCCCCCCCCC(CCCCCCC)C(=O)OCC(C)COCC(COC(=O)C(CCCCCC)CCCCCCCCC)OCC(O)COC. The van der Waals surface area contributed by atoms with Crippen molar-refractivity contribution < 1.29 is 38.4 Å². The number of rotatable bonds is 42. The van der Waals surface area contributed by atoms with Crippen LogP contribution in [0.25, 0.3) is 0 Å². The number of hydrogen-bond donors (Lipinski definition) is 1. The van der Waals surface area contributed by atoms with Gasteiger partial charge in [0, 0.05) is 13.0 Å². The maximum atomic E-state index is 13.4. The predicted molar refractivity (Wildman–Crippen MR) is 224 cm³/mol. The number of ether oxygens (including phenoxy) is 5. The van der Waals surface area contributed by atoms with E-state index in [4.69, 9.17) is 23.7 Å². The van der Waals surface area contributed by atoms with E-state index in [0.29, 0.717) is 13.2 Å². The molecule has 0 bridgehead atoms. The third-order valence-corrected chi connectivity index (χ3v) is 10.6. The van der Waals surface area contributed by atoms with Crippen molar-refractivity contribution in [2.24, 2.45) is 17.8 Å². The van der Waals surface area contributed by atoms with Crippen LogP contribution in [-0.4, -0.2) is 76.0 Å². The second-order valence-corrected chi connectivity index (χ2v) is 16.2. The maximum Gasteiger partial charge on any atom is 0.309 e. The summed E-state index contributed by atoms with van der Waals surface area (Å²) in [5, 5.41) is 10.2. The van der Waals surface area contributed by atoms with Gasteiger partial charge in [-0.05, 0) is 25.7 Å². The van der Waals surface area contributed by atoms with E-state index in [1.54, 1.807) is 0 Å². The second-order valence-electron chi connectivity index (χ2n) is 16.2. The van der Waals surface area contributed by atoms with Crippen molar-refractivity contribution in [1.29, 1.82) is 0 Å². The number of carbonyl (C=O) groups is 2. The fraction of sp³-hybridized carbons (Fsp3) is 0.957. The topological polar surface area (TPSA) is 101 Å². The molecule has 0 rings (SSSR count). The van der Waals surface area contributed by atoms with E-state index in [2.05, 4.69) is 27.7 Å². The molecule has 54 heavy (non-hydrogen) atoms. The van der Waals surface area contributed by atoms with E-state index in [9.17, 15) is 14.7 Å². The van der Waals surface area contributed by atoms with Gasteiger partial charge in [-0.2, -0.15) is 0 Å². The van der Waals surface area contributed by atoms with Gasteiger partial charge in [-0.3, -0.25) is 9.59 Å². The number of esters is 2. The van der Waals surface area contributed by atoms with Gasteiger partial charge in [0.25, 0.3) is 0 Å². The molecule has 5 atom stereocenters. The highest BCUT2D eigenvalue weighted by molar-refractivity contribution is 5.72. The van der Waals surface area contributed by atoms with Crippen molar-refractivity contribution in [1.82, 2.24) is 0 Å². The Balaban J connectivity index is 5.03. The summed E-state index contributed by atoms with van der Waals surface area (Å²) in [5.41, 5.74) is 0. The fourth-order valence-corrected chi connectivity index (χ4v) is 6.98. The van der Waals surface area contributed by atoms with Crippen LogP contribution >= 0.6 is 0 Å². The van der Waals surface area contributed by atoms with Crippen molar-refractivity contribution in [3.63, 3.8) is 0 Å². The van der Waals surface area contributed by atoms with Crippen LogP contribution in [0.15, 0.2) is 0 Å². The quantitative estimate of drug-likeness (QED) is 0.0484. The number of carbonyl (C=O) groups excluding carboxylic acids is 2. The molecular formula is C46H90O8. The lowest BCUT2D eigenvalue weighted by Gasteiger charge is -2.23. The molecule has 0 aromatic heterocycles. The van der Waals surface area contributed by atoms with Gasteiger partial charge < -0.3 is 28.8 Å². The van der Waals surface area contributed by atoms with Crippen molar-refractivity contribution in [3.05, 3.63) is 0 Å². The molecule has 1 N–H and O–H groups in total. The lowest BCUT2D eigenvalue weighted by atomic mass is 9.94. The largest absolute Gasteiger partial charge is 0.465 e. The molecule has 8 nitrogen and oxygen atoms in total. The van der Waals surface area contributed by atoms with Gasteiger partial charge >= 0.3 is 11.9 Å². The number of methoxy groups -OCH3 is 1. The Morgan fingerprint density at radius 2 is 0.833 bits per heavy atom. The molecule has 0 heterocycles. The van der Waals surface area contributed by atoms with Crippen LogP contribution in [0.5, 0.6) is 0 Å². The van der Waals surface area contributed by atoms with Crippen molar-refractivity contribution in [3.8, 4) is 0 Å². The number of aliphatic hydroxyl groups is 1. The van der Waals surface area contributed by atoms with E-state index in [-0.39, 0.29) is 56.1 Å². The van der Waals surface area contributed by atoms with Crippen LogP contribution in [0, 0.1) is 17.8 Å². The Morgan fingerprint density at radius 3 is 1.24 bits per heavy atom. The third kappa shape index (κ3) is 33.0. The van der Waals surface area contributed by atoms with Crippen LogP contribution in [0.1, 0.15) is 208 Å². The van der Waals surface area contributed by atoms with E-state index in [1.807, 2.05) is 6.92 Å². The van der Waals surface area contributed by atoms with Crippen LogP contribution in [0.3, 0.4) is 0 Å². The number of unbranched alkanes of at least 4 members (excludes halogenated alkanes) is 19. The maximum absolute atomic E-state index is 13.4. The molecule has 0 aliphatic rings. The van der Waals surface area contributed by atoms with Gasteiger partial charge in [-0.25, -0.2) is 0 Å². The Labute approximate surface area is 334 Å². The molecule has 8 heteroatoms. The first-order valence-electron chi connectivity index (χ1n) is 23.0. The molecule has 0 saturated carbocycles. The first-order valence-corrected chi connectivity index (χ1v) is 23.0. The molecule has 0 fully saturated rings. The number of hydrogen-bond acceptors (Lipinski definition) is 8. The van der Waals surface area contributed by atoms with Crippen LogP contribution in [-0.2, 0) is 33.3 Å². The Hall–Kier alpha value is -1.22. The molecule has 0 aliphatic carbocycles. The summed E-state index contributed by atoms with van der Waals surface area (Å²) in [6.45, 7) is 12.1. The molecule has 0 radical (unpaired) electrons. The van der Waals surface area contributed by atoms with Crippen LogP contribution < -0.4 is 0 Å². The highest BCUT2D eigenvalue weighted by atomic mass is 16.6. The van der Waals surface area contributed by atoms with Crippen molar-refractivity contribution >= 4 is 11.9 Å². The molecule has 0 amide bonds. The second kappa shape index (κ2) is 40.0. The highest BCUT2D eigenvalue weighted by Gasteiger charge is 2.23. The lowest BCUT2D eigenvalue weighted by molar-refractivity contribution is -0.157. The van der Waals surface area contributed by atoms with Gasteiger partial charge in [0.1, 0.15) is 18.8 Å². The first-order chi connectivity index (χ1) is 26.3. The molecule has 0 aromatic carbocycles. The zero-order valence-electron chi connectivity index (χ0n) is 36.5. The van der Waals surface area contributed by atoms with Crippen LogP contribution in [0.4, 0.5) is 0 Å². The predicted octanol–water partition coefficient (Wildman–Crippen LogP) is 12.0. The first kappa shape index (κ1) is 52.8. The summed E-state index contributed by atoms with van der Waals surface area (Å²) in [7, 11) is 1.54. The third-order valence-electron chi connectivity index (χ3n) is 10.6. The Morgan fingerprint density at radius 1 is 0.463 bits per heavy atom. The Bertz CT molecular complexity index is 808. The highest BCUT2D eigenvalue weighted by Crippen LogP contribution is 2.23. The van der Waals surface area contributed by atoms with Gasteiger partial charge in [0.05, 0.1) is 44.9 Å². The zero-order valence-corrected chi connectivity index (χ0v) is 36.5. The fourth-order valence-electron chi connectivity index (χ4n) is 6.98. The zero-order chi connectivity index (χ0) is 39.9. The molecule has 0 saturated heterocycles. The van der Waals surface area contributed by atoms with Gasteiger partial charge in [-0.1, -0.05) is 182 Å². The molecule has 5 unspecified atom stereocenters. The van der Waals surface area contributed by atoms with Gasteiger partial charge in [0.2, 0.25) is 0 Å².